The van der Waals surface area contributed by atoms with Gasteiger partial charge in [0.1, 0.15) is 5.82 Å². The number of aliphatic hydroxyl groups is 1. The van der Waals surface area contributed by atoms with Crippen molar-refractivity contribution >= 4 is 11.8 Å². The minimum atomic E-state index is -1.00. The Morgan fingerprint density at radius 1 is 1.30 bits per heavy atom. The molecule has 2 aromatic heterocycles. The van der Waals surface area contributed by atoms with Crippen molar-refractivity contribution in [3.05, 3.63) is 41.3 Å². The molecule has 1 saturated carbocycles. The van der Waals surface area contributed by atoms with Gasteiger partial charge in [0.05, 0.1) is 30.6 Å². The smallest absolute Gasteiger partial charge is 0.338 e. The minimum Gasteiger partial charge on any atom is -0.478 e. The van der Waals surface area contributed by atoms with Crippen LogP contribution in [0.25, 0.3) is 0 Å². The number of aromatic nitrogens is 3. The number of aliphatic hydroxyl groups excluding tert-OH is 1. The summed E-state index contributed by atoms with van der Waals surface area (Å²) in [5, 5.41) is 22.6. The van der Waals surface area contributed by atoms with Crippen molar-refractivity contribution < 1.29 is 15.0 Å². The van der Waals surface area contributed by atoms with Crippen molar-refractivity contribution in [3.8, 4) is 0 Å². The quantitative estimate of drug-likeness (QED) is 0.859. The van der Waals surface area contributed by atoms with E-state index in [1.807, 2.05) is 12.1 Å². The number of hydrogen-bond acceptors (Lipinski definition) is 5. The molecule has 2 N–H and O–H groups in total. The lowest BCUT2D eigenvalue weighted by molar-refractivity contribution is 0.0696. The van der Waals surface area contributed by atoms with Crippen LogP contribution in [0.4, 0.5) is 5.82 Å². The van der Waals surface area contributed by atoms with Gasteiger partial charge in [0, 0.05) is 24.7 Å². The molecule has 0 radical (unpaired) electrons. The van der Waals surface area contributed by atoms with E-state index in [4.69, 9.17) is 5.11 Å². The Bertz CT molecular complexity index is 758. The normalized spacial score (nSPS) is 18.0. The van der Waals surface area contributed by atoms with Crippen LogP contribution >= 0.6 is 0 Å². The first-order chi connectivity index (χ1) is 11.1. The van der Waals surface area contributed by atoms with E-state index in [0.717, 1.165) is 24.5 Å². The molecule has 23 heavy (non-hydrogen) atoms. The molecule has 0 bridgehead atoms. The maximum Gasteiger partial charge on any atom is 0.338 e. The highest BCUT2D eigenvalue weighted by molar-refractivity contribution is 5.86. The summed E-state index contributed by atoms with van der Waals surface area (Å²) in [6.07, 6.45) is 5.43. The Morgan fingerprint density at radius 3 is 2.70 bits per heavy atom. The molecule has 0 aromatic carbocycles. The Balaban J connectivity index is 1.52. The fourth-order valence-electron chi connectivity index (χ4n) is 3.13. The number of pyridine rings is 1. The van der Waals surface area contributed by atoms with Crippen LogP contribution in [-0.2, 0) is 13.2 Å². The molecule has 7 heteroatoms. The summed E-state index contributed by atoms with van der Waals surface area (Å²) in [4.78, 5) is 17.7. The molecule has 1 aliphatic heterocycles. The third-order valence-electron chi connectivity index (χ3n) is 4.75. The Kier molecular flexibility index (Phi) is 3.12. The molecule has 7 nitrogen and oxygen atoms in total. The highest BCUT2D eigenvalue weighted by atomic mass is 16.4. The number of aromatic carboxylic acids is 1. The molecule has 2 aliphatic rings. The molecule has 1 spiro atoms. The van der Waals surface area contributed by atoms with Gasteiger partial charge in [-0.2, -0.15) is 5.10 Å². The van der Waals surface area contributed by atoms with E-state index in [1.165, 1.54) is 25.2 Å². The first kappa shape index (κ1) is 14.2. The molecule has 1 saturated heterocycles. The monoisotopic (exact) mass is 314 g/mol. The lowest BCUT2D eigenvalue weighted by atomic mass is 9.97. The molecule has 1 aliphatic carbocycles. The Labute approximate surface area is 133 Å². The van der Waals surface area contributed by atoms with Gasteiger partial charge >= 0.3 is 5.97 Å². The fourth-order valence-corrected chi connectivity index (χ4v) is 3.13. The Hall–Kier alpha value is -2.41. The number of anilines is 1. The molecule has 0 unspecified atom stereocenters. The van der Waals surface area contributed by atoms with Gasteiger partial charge in [-0.05, 0) is 24.5 Å². The van der Waals surface area contributed by atoms with Crippen molar-refractivity contribution in [1.82, 2.24) is 14.8 Å². The van der Waals surface area contributed by atoms with Crippen molar-refractivity contribution in [2.75, 3.05) is 18.0 Å². The molecular weight excluding hydrogens is 296 g/mol. The minimum absolute atomic E-state index is 0.144. The van der Waals surface area contributed by atoms with E-state index >= 15 is 0 Å². The van der Waals surface area contributed by atoms with E-state index in [1.54, 1.807) is 4.68 Å². The van der Waals surface area contributed by atoms with Gasteiger partial charge in [-0.25, -0.2) is 9.78 Å². The third kappa shape index (κ3) is 2.57. The summed E-state index contributed by atoms with van der Waals surface area (Å²) >= 11 is 0. The third-order valence-corrected chi connectivity index (χ3v) is 4.75. The van der Waals surface area contributed by atoms with Crippen LogP contribution in [0.1, 0.15) is 34.5 Å². The maximum absolute atomic E-state index is 10.9. The first-order valence-corrected chi connectivity index (χ1v) is 7.69. The summed E-state index contributed by atoms with van der Waals surface area (Å²) in [5.41, 5.74) is 2.17. The number of carbonyl (C=O) groups is 1. The van der Waals surface area contributed by atoms with Gasteiger partial charge in [-0.1, -0.05) is 6.07 Å². The van der Waals surface area contributed by atoms with E-state index in [9.17, 15) is 9.90 Å². The summed E-state index contributed by atoms with van der Waals surface area (Å²) < 4.78 is 1.54. The summed E-state index contributed by atoms with van der Waals surface area (Å²) in [5.74, 6) is -0.0964. The number of hydrogen-bond donors (Lipinski definition) is 2. The van der Waals surface area contributed by atoms with Crippen LogP contribution in [0.5, 0.6) is 0 Å². The summed E-state index contributed by atoms with van der Waals surface area (Å²) in [6, 6.07) is 3.90. The zero-order chi connectivity index (χ0) is 16.0. The van der Waals surface area contributed by atoms with Gasteiger partial charge in [0.15, 0.2) is 0 Å². The predicted molar refractivity (Wildman–Crippen MR) is 82.3 cm³/mol. The SMILES string of the molecule is O=C(O)c1cnn(Cc2ccc(N3CC4(CC4)C3)nc2CO)c1. The van der Waals surface area contributed by atoms with Crippen LogP contribution in [0.15, 0.2) is 24.5 Å². The average molecular weight is 314 g/mol. The molecule has 120 valence electrons. The molecular formula is C16H18N4O3. The standard InChI is InChI=1S/C16H18N4O3/c21-8-13-11(6-20-7-12(5-17-20)15(22)23)1-2-14(18-13)19-9-16(10-19)3-4-16/h1-2,5,7,21H,3-4,6,8-10H2,(H,22,23). The van der Waals surface area contributed by atoms with Gasteiger partial charge in [-0.3, -0.25) is 4.68 Å². The van der Waals surface area contributed by atoms with E-state index in [0.29, 0.717) is 17.7 Å². The van der Waals surface area contributed by atoms with Gasteiger partial charge in [-0.15, -0.1) is 0 Å². The lowest BCUT2D eigenvalue weighted by Gasteiger charge is -2.41. The van der Waals surface area contributed by atoms with E-state index in [-0.39, 0.29) is 12.2 Å². The van der Waals surface area contributed by atoms with Crippen LogP contribution in [-0.4, -0.2) is 44.0 Å². The van der Waals surface area contributed by atoms with Crippen molar-refractivity contribution in [2.45, 2.75) is 26.0 Å². The molecule has 0 atom stereocenters. The van der Waals surface area contributed by atoms with Crippen LogP contribution in [0.2, 0.25) is 0 Å². The maximum atomic E-state index is 10.9. The highest BCUT2D eigenvalue weighted by Gasteiger charge is 2.52. The van der Waals surface area contributed by atoms with Gasteiger partial charge < -0.3 is 15.1 Å². The number of nitrogens with zero attached hydrogens (tertiary/aromatic N) is 4. The summed E-state index contributed by atoms with van der Waals surface area (Å²) in [7, 11) is 0. The Morgan fingerprint density at radius 2 is 2.09 bits per heavy atom. The molecule has 4 rings (SSSR count). The summed E-state index contributed by atoms with van der Waals surface area (Å²) in [6.45, 7) is 2.37. The second-order valence-electron chi connectivity index (χ2n) is 6.52. The predicted octanol–water partition coefficient (Wildman–Crippen LogP) is 1.12. The van der Waals surface area contributed by atoms with E-state index in [2.05, 4.69) is 15.0 Å². The zero-order valence-corrected chi connectivity index (χ0v) is 12.6. The number of carboxylic acids is 1. The molecule has 2 fully saturated rings. The lowest BCUT2D eigenvalue weighted by Crippen LogP contribution is -2.48. The average Bonchev–Trinajstić information content (AvgIpc) is 3.18. The number of rotatable bonds is 5. The van der Waals surface area contributed by atoms with Gasteiger partial charge in [0.2, 0.25) is 0 Å². The highest BCUT2D eigenvalue weighted by Crippen LogP contribution is 2.53. The molecule has 0 amide bonds. The zero-order valence-electron chi connectivity index (χ0n) is 12.6. The molecule has 3 heterocycles. The van der Waals surface area contributed by atoms with Crippen LogP contribution in [0, 0.1) is 5.41 Å². The van der Waals surface area contributed by atoms with E-state index < -0.39 is 5.97 Å². The van der Waals surface area contributed by atoms with Gasteiger partial charge in [0.25, 0.3) is 0 Å². The first-order valence-electron chi connectivity index (χ1n) is 7.69. The topological polar surface area (TPSA) is 91.5 Å². The second-order valence-corrected chi connectivity index (χ2v) is 6.52. The fraction of sp³-hybridized carbons (Fsp3) is 0.438. The van der Waals surface area contributed by atoms with Crippen molar-refractivity contribution in [3.63, 3.8) is 0 Å². The van der Waals surface area contributed by atoms with Crippen molar-refractivity contribution in [2.24, 2.45) is 5.41 Å². The largest absolute Gasteiger partial charge is 0.478 e. The van der Waals surface area contributed by atoms with Crippen LogP contribution in [0.3, 0.4) is 0 Å². The van der Waals surface area contributed by atoms with Crippen LogP contribution < -0.4 is 4.90 Å². The van der Waals surface area contributed by atoms with Crippen molar-refractivity contribution in [1.29, 1.82) is 0 Å². The molecule has 2 aromatic rings. The number of carboxylic acid groups (broad SMARTS) is 1. The second kappa shape index (κ2) is 5.06.